The molecule has 2 bridgehead atoms. The van der Waals surface area contributed by atoms with Crippen LogP contribution in [-0.2, 0) is 29.2 Å². The van der Waals surface area contributed by atoms with Gasteiger partial charge in [0.15, 0.2) is 0 Å². The van der Waals surface area contributed by atoms with Crippen LogP contribution in [-0.4, -0.2) is 42.4 Å². The minimum atomic E-state index is -5.95. The summed E-state index contributed by atoms with van der Waals surface area (Å²) in [5.74, 6) is -1.50. The highest BCUT2D eigenvalue weighted by Gasteiger charge is 2.55. The molecule has 0 aliphatic heterocycles. The average Bonchev–Trinajstić information content (AvgIpc) is 2.73. The largest absolute Gasteiger partial charge is 0.465 e. The summed E-state index contributed by atoms with van der Waals surface area (Å²) in [6.07, 6.45) is 12.8. The molecule has 10 heteroatoms. The molecule has 35 heavy (non-hydrogen) atoms. The molecule has 0 spiro atoms. The van der Waals surface area contributed by atoms with Crippen LogP contribution in [0.4, 0.5) is 8.78 Å². The van der Waals surface area contributed by atoms with Gasteiger partial charge in [-0.2, -0.15) is 17.2 Å². The van der Waals surface area contributed by atoms with Gasteiger partial charge in [0.05, 0.1) is 5.92 Å². The van der Waals surface area contributed by atoms with Crippen molar-refractivity contribution in [3.8, 4) is 0 Å². The van der Waals surface area contributed by atoms with Gasteiger partial charge in [-0.1, -0.05) is 49.8 Å². The Morgan fingerprint density at radius 1 is 1.06 bits per heavy atom. The van der Waals surface area contributed by atoms with Crippen molar-refractivity contribution in [1.82, 2.24) is 0 Å². The summed E-state index contributed by atoms with van der Waals surface area (Å²) in [6, 6.07) is 0. The average molecular weight is 517 g/mol. The molecule has 7 nitrogen and oxygen atoms in total. The third-order valence-electron chi connectivity index (χ3n) is 8.03. The molecule has 196 valence electrons. The van der Waals surface area contributed by atoms with Gasteiger partial charge >= 0.3 is 27.3 Å². The Morgan fingerprint density at radius 3 is 2.34 bits per heavy atom. The van der Waals surface area contributed by atoms with E-state index in [-0.39, 0.29) is 18.3 Å². The lowest BCUT2D eigenvalue weighted by Gasteiger charge is -2.43. The molecule has 3 saturated carbocycles. The first kappa shape index (κ1) is 26.3. The summed E-state index contributed by atoms with van der Waals surface area (Å²) in [5, 5.41) is -5.06. The fraction of sp³-hybridized carbons (Fsp3) is 0.760. The number of hydrogen-bond acceptors (Lipinski definition) is 6. The fourth-order valence-electron chi connectivity index (χ4n) is 6.54. The van der Waals surface area contributed by atoms with E-state index in [4.69, 9.17) is 9.29 Å². The van der Waals surface area contributed by atoms with E-state index in [0.29, 0.717) is 24.7 Å². The highest BCUT2D eigenvalue weighted by Crippen LogP contribution is 2.47. The molecule has 0 radical (unpaired) electrons. The zero-order valence-electron chi connectivity index (χ0n) is 20.2. The van der Waals surface area contributed by atoms with Crippen molar-refractivity contribution in [2.45, 2.75) is 88.9 Å². The molecule has 5 aliphatic rings. The second kappa shape index (κ2) is 9.25. The van der Waals surface area contributed by atoms with Crippen molar-refractivity contribution >= 4 is 22.1 Å². The molecule has 3 fully saturated rings. The SMILES string of the molecule is CC1(COC(=O)C(F)(F)S(=O)(=O)O)C=C2CC(=CC(C)(OC(=O)C3CCC4CCCCC4C3)C1)C2. The Kier molecular flexibility index (Phi) is 6.94. The van der Waals surface area contributed by atoms with Crippen molar-refractivity contribution in [1.29, 1.82) is 0 Å². The van der Waals surface area contributed by atoms with Crippen molar-refractivity contribution in [2.75, 3.05) is 6.61 Å². The lowest BCUT2D eigenvalue weighted by Crippen LogP contribution is -2.44. The third-order valence-corrected chi connectivity index (χ3v) is 8.84. The van der Waals surface area contributed by atoms with Crippen LogP contribution >= 0.6 is 0 Å². The van der Waals surface area contributed by atoms with Gasteiger partial charge < -0.3 is 9.47 Å². The fourth-order valence-corrected chi connectivity index (χ4v) is 6.81. The van der Waals surface area contributed by atoms with Gasteiger partial charge in [0.2, 0.25) is 0 Å². The number of esters is 2. The first-order valence-corrected chi connectivity index (χ1v) is 13.8. The third kappa shape index (κ3) is 5.63. The van der Waals surface area contributed by atoms with Gasteiger partial charge in [-0.05, 0) is 56.9 Å². The predicted molar refractivity (Wildman–Crippen MR) is 123 cm³/mol. The number of halogens is 2. The minimum Gasteiger partial charge on any atom is -0.459 e. The van der Waals surface area contributed by atoms with Crippen molar-refractivity contribution in [3.05, 3.63) is 23.3 Å². The highest BCUT2D eigenvalue weighted by atomic mass is 32.2. The summed E-state index contributed by atoms with van der Waals surface area (Å²) in [5.41, 5.74) is 0.143. The number of alkyl halides is 2. The van der Waals surface area contributed by atoms with E-state index in [0.717, 1.165) is 36.8 Å². The normalized spacial score (nSPS) is 35.3. The molecule has 5 atom stereocenters. The Morgan fingerprint density at radius 2 is 1.69 bits per heavy atom. The zero-order chi connectivity index (χ0) is 25.6. The molecule has 0 aromatic carbocycles. The summed E-state index contributed by atoms with van der Waals surface area (Å²) in [6.45, 7) is 2.91. The molecular weight excluding hydrogens is 482 g/mol. The standard InChI is InChI=1S/C25H34F2O7S/c1-23(15-33-22(29)25(26,27)35(30,31)32)12-16-9-17(10-16)13-24(2,14-23)34-21(28)20-8-7-18-5-3-4-6-19(18)11-20/h12-13,18-20H,3-11,14-15H2,1-2H3,(H,30,31,32). The van der Waals surface area contributed by atoms with Gasteiger partial charge in [0, 0.05) is 11.8 Å². The second-order valence-corrected chi connectivity index (χ2v) is 12.9. The van der Waals surface area contributed by atoms with E-state index < -0.39 is 39.0 Å². The van der Waals surface area contributed by atoms with E-state index in [9.17, 15) is 26.8 Å². The minimum absolute atomic E-state index is 0.167. The predicted octanol–water partition coefficient (Wildman–Crippen LogP) is 4.98. The maximum absolute atomic E-state index is 13.7. The second-order valence-electron chi connectivity index (χ2n) is 11.4. The number of fused-ring (bicyclic) bond motifs is 5. The van der Waals surface area contributed by atoms with E-state index in [1.807, 2.05) is 12.2 Å². The lowest BCUT2D eigenvalue weighted by molar-refractivity contribution is -0.169. The summed E-state index contributed by atoms with van der Waals surface area (Å²) < 4.78 is 68.5. The number of hydrogen-bond donors (Lipinski definition) is 1. The van der Waals surface area contributed by atoms with E-state index >= 15 is 0 Å². The van der Waals surface area contributed by atoms with Gasteiger partial charge in [0.1, 0.15) is 12.2 Å². The van der Waals surface area contributed by atoms with E-state index in [1.54, 1.807) is 13.8 Å². The Balaban J connectivity index is 1.46. The summed E-state index contributed by atoms with van der Waals surface area (Å²) >= 11 is 0. The first-order chi connectivity index (χ1) is 16.2. The molecule has 0 aromatic heterocycles. The molecule has 0 aromatic rings. The number of allylic oxidation sites excluding steroid dienone is 2. The monoisotopic (exact) mass is 516 g/mol. The van der Waals surface area contributed by atoms with Crippen LogP contribution in [0.3, 0.4) is 0 Å². The van der Waals surface area contributed by atoms with Gasteiger partial charge in [0.25, 0.3) is 0 Å². The number of carbonyl (C=O) groups excluding carboxylic acids is 2. The van der Waals surface area contributed by atoms with Crippen LogP contribution in [0.5, 0.6) is 0 Å². The molecular formula is C25H34F2O7S. The van der Waals surface area contributed by atoms with E-state index in [1.165, 1.54) is 19.3 Å². The van der Waals surface area contributed by atoms with Crippen LogP contribution in [0.2, 0.25) is 0 Å². The summed E-state index contributed by atoms with van der Waals surface area (Å²) in [4.78, 5) is 25.0. The topological polar surface area (TPSA) is 107 Å². The lowest BCUT2D eigenvalue weighted by atomic mass is 9.67. The number of rotatable bonds is 6. The van der Waals surface area contributed by atoms with Crippen molar-refractivity contribution in [3.63, 3.8) is 0 Å². The molecule has 0 amide bonds. The molecule has 5 aliphatic carbocycles. The molecule has 1 N–H and O–H groups in total. The van der Waals surface area contributed by atoms with E-state index in [2.05, 4.69) is 4.74 Å². The van der Waals surface area contributed by atoms with Gasteiger partial charge in [-0.15, -0.1) is 0 Å². The van der Waals surface area contributed by atoms with Crippen LogP contribution in [0.15, 0.2) is 23.3 Å². The number of ether oxygens (including phenoxy) is 2. The van der Waals surface area contributed by atoms with Crippen LogP contribution in [0.25, 0.3) is 0 Å². The van der Waals surface area contributed by atoms with Crippen molar-refractivity contribution < 1.29 is 40.8 Å². The van der Waals surface area contributed by atoms with Gasteiger partial charge in [-0.3, -0.25) is 9.35 Å². The number of carbonyl (C=O) groups is 2. The highest BCUT2D eigenvalue weighted by molar-refractivity contribution is 7.87. The summed E-state index contributed by atoms with van der Waals surface area (Å²) in [7, 11) is -5.95. The molecule has 5 rings (SSSR count). The molecule has 5 unspecified atom stereocenters. The van der Waals surface area contributed by atoms with Crippen LogP contribution in [0, 0.1) is 23.2 Å². The Labute approximate surface area is 205 Å². The first-order valence-electron chi connectivity index (χ1n) is 12.4. The zero-order valence-corrected chi connectivity index (χ0v) is 21.0. The maximum atomic E-state index is 13.7. The smallest absolute Gasteiger partial charge is 0.459 e. The maximum Gasteiger partial charge on any atom is 0.465 e. The Hall–Kier alpha value is -1.81. The molecule has 0 saturated heterocycles. The quantitative estimate of drug-likeness (QED) is 0.302. The van der Waals surface area contributed by atoms with Crippen LogP contribution < -0.4 is 0 Å². The van der Waals surface area contributed by atoms with Crippen LogP contribution in [0.1, 0.15) is 78.1 Å². The Bertz CT molecular complexity index is 1040. The molecule has 0 heterocycles. The van der Waals surface area contributed by atoms with Crippen molar-refractivity contribution in [2.24, 2.45) is 23.2 Å². The van der Waals surface area contributed by atoms with Gasteiger partial charge in [-0.25, -0.2) is 4.79 Å².